The van der Waals surface area contributed by atoms with Crippen LogP contribution in [0.5, 0.6) is 0 Å². The second kappa shape index (κ2) is 5.46. The van der Waals surface area contributed by atoms with Crippen molar-refractivity contribution in [1.29, 1.82) is 0 Å². The summed E-state index contributed by atoms with van der Waals surface area (Å²) in [6.45, 7) is 2.36. The highest BCUT2D eigenvalue weighted by atomic mass is 16.5. The molecule has 0 saturated carbocycles. The third kappa shape index (κ3) is 2.68. The minimum Gasteiger partial charge on any atom is -0.384 e. The zero-order valence-electron chi connectivity index (χ0n) is 12.0. The molecule has 21 heavy (non-hydrogen) atoms. The third-order valence-electron chi connectivity index (χ3n) is 3.18. The SMILES string of the molecule is COCc1cc(N)nc(-c2cc(C)nc3ccccc23)n1. The van der Waals surface area contributed by atoms with Crippen molar-refractivity contribution in [2.45, 2.75) is 13.5 Å². The Morgan fingerprint density at radius 3 is 2.71 bits per heavy atom. The average molecular weight is 280 g/mol. The molecule has 0 aliphatic heterocycles. The first-order valence-electron chi connectivity index (χ1n) is 6.66. The third-order valence-corrected chi connectivity index (χ3v) is 3.18. The van der Waals surface area contributed by atoms with Crippen molar-refractivity contribution < 1.29 is 4.74 Å². The van der Waals surface area contributed by atoms with Gasteiger partial charge in [0, 0.05) is 29.8 Å². The first-order chi connectivity index (χ1) is 10.2. The van der Waals surface area contributed by atoms with Crippen molar-refractivity contribution >= 4 is 16.7 Å². The van der Waals surface area contributed by atoms with Crippen molar-refractivity contribution in [2.24, 2.45) is 0 Å². The molecule has 0 aliphatic carbocycles. The van der Waals surface area contributed by atoms with Gasteiger partial charge < -0.3 is 10.5 Å². The number of nitrogen functional groups attached to an aromatic ring is 1. The lowest BCUT2D eigenvalue weighted by molar-refractivity contribution is 0.181. The van der Waals surface area contributed by atoms with E-state index >= 15 is 0 Å². The summed E-state index contributed by atoms with van der Waals surface area (Å²) >= 11 is 0. The summed E-state index contributed by atoms with van der Waals surface area (Å²) in [5.41, 5.74) is 9.42. The summed E-state index contributed by atoms with van der Waals surface area (Å²) in [5, 5.41) is 1.01. The molecule has 0 bridgehead atoms. The molecule has 5 nitrogen and oxygen atoms in total. The number of benzene rings is 1. The topological polar surface area (TPSA) is 73.9 Å². The summed E-state index contributed by atoms with van der Waals surface area (Å²) in [4.78, 5) is 13.4. The molecule has 3 aromatic rings. The van der Waals surface area contributed by atoms with Crippen LogP contribution in [0.3, 0.4) is 0 Å². The van der Waals surface area contributed by atoms with E-state index in [1.165, 1.54) is 0 Å². The molecule has 1 aromatic carbocycles. The van der Waals surface area contributed by atoms with Crippen LogP contribution in [0, 0.1) is 6.92 Å². The Morgan fingerprint density at radius 2 is 1.90 bits per heavy atom. The molecule has 3 rings (SSSR count). The van der Waals surface area contributed by atoms with Gasteiger partial charge in [-0.15, -0.1) is 0 Å². The standard InChI is InChI=1S/C16H16N4O/c1-10-7-13(12-5-3-4-6-14(12)18-10)16-19-11(9-21-2)8-15(17)20-16/h3-8H,9H2,1-2H3,(H2,17,19,20). The maximum atomic E-state index is 5.89. The maximum Gasteiger partial charge on any atom is 0.162 e. The van der Waals surface area contributed by atoms with Gasteiger partial charge in [0.15, 0.2) is 5.82 Å². The number of rotatable bonds is 3. The van der Waals surface area contributed by atoms with Crippen LogP contribution in [0.4, 0.5) is 5.82 Å². The van der Waals surface area contributed by atoms with Gasteiger partial charge in [-0.3, -0.25) is 4.98 Å². The van der Waals surface area contributed by atoms with Crippen molar-refractivity contribution in [2.75, 3.05) is 12.8 Å². The molecule has 2 aromatic heterocycles. The number of nitrogens with two attached hydrogens (primary N) is 1. The van der Waals surface area contributed by atoms with E-state index in [-0.39, 0.29) is 0 Å². The molecule has 0 unspecified atom stereocenters. The zero-order chi connectivity index (χ0) is 14.8. The van der Waals surface area contributed by atoms with Gasteiger partial charge in [0.2, 0.25) is 0 Å². The largest absolute Gasteiger partial charge is 0.384 e. The van der Waals surface area contributed by atoms with Crippen LogP contribution in [0.25, 0.3) is 22.3 Å². The Morgan fingerprint density at radius 1 is 1.10 bits per heavy atom. The van der Waals surface area contributed by atoms with Crippen LogP contribution in [0.15, 0.2) is 36.4 Å². The normalized spacial score (nSPS) is 11.0. The minimum atomic E-state index is 0.404. The second-order valence-electron chi connectivity index (χ2n) is 4.87. The number of aryl methyl sites for hydroxylation is 1. The smallest absolute Gasteiger partial charge is 0.162 e. The molecule has 0 amide bonds. The summed E-state index contributed by atoms with van der Waals surface area (Å²) in [6, 6.07) is 11.6. The number of para-hydroxylation sites is 1. The van der Waals surface area contributed by atoms with Gasteiger partial charge in [-0.1, -0.05) is 18.2 Å². The molecule has 5 heteroatoms. The quantitative estimate of drug-likeness (QED) is 0.798. The molecule has 2 N–H and O–H groups in total. The highest BCUT2D eigenvalue weighted by Crippen LogP contribution is 2.26. The second-order valence-corrected chi connectivity index (χ2v) is 4.87. The number of aromatic nitrogens is 3. The summed E-state index contributed by atoms with van der Waals surface area (Å²) in [6.07, 6.45) is 0. The van der Waals surface area contributed by atoms with Crippen LogP contribution < -0.4 is 5.73 Å². The molecule has 0 fully saturated rings. The minimum absolute atomic E-state index is 0.404. The van der Waals surface area contributed by atoms with E-state index in [2.05, 4.69) is 15.0 Å². The number of hydrogen-bond acceptors (Lipinski definition) is 5. The van der Waals surface area contributed by atoms with E-state index in [1.54, 1.807) is 13.2 Å². The first-order valence-corrected chi connectivity index (χ1v) is 6.66. The maximum absolute atomic E-state index is 5.89. The predicted molar refractivity (Wildman–Crippen MR) is 82.6 cm³/mol. The Balaban J connectivity index is 2.24. The molecule has 106 valence electrons. The molecule has 0 spiro atoms. The number of nitrogens with zero attached hydrogens (tertiary/aromatic N) is 3. The Kier molecular flexibility index (Phi) is 3.50. The Hall–Kier alpha value is -2.53. The van der Waals surface area contributed by atoms with Crippen LogP contribution in [-0.2, 0) is 11.3 Å². The fraction of sp³-hybridized carbons (Fsp3) is 0.188. The van der Waals surface area contributed by atoms with Gasteiger partial charge in [-0.25, -0.2) is 9.97 Å². The lowest BCUT2D eigenvalue weighted by atomic mass is 10.1. The fourth-order valence-corrected chi connectivity index (χ4v) is 2.35. The molecule has 0 radical (unpaired) electrons. The van der Waals surface area contributed by atoms with E-state index in [1.807, 2.05) is 37.3 Å². The lowest BCUT2D eigenvalue weighted by Gasteiger charge is -2.09. The van der Waals surface area contributed by atoms with Crippen LogP contribution >= 0.6 is 0 Å². The summed E-state index contributed by atoms with van der Waals surface area (Å²) < 4.78 is 5.13. The Bertz CT molecular complexity index is 801. The van der Waals surface area contributed by atoms with Crippen LogP contribution in [-0.4, -0.2) is 22.1 Å². The molecule has 0 aliphatic rings. The van der Waals surface area contributed by atoms with Gasteiger partial charge in [0.05, 0.1) is 17.8 Å². The monoisotopic (exact) mass is 280 g/mol. The highest BCUT2D eigenvalue weighted by Gasteiger charge is 2.10. The van der Waals surface area contributed by atoms with Crippen LogP contribution in [0.2, 0.25) is 0 Å². The van der Waals surface area contributed by atoms with Crippen molar-refractivity contribution in [3.8, 4) is 11.4 Å². The predicted octanol–water partition coefficient (Wildman–Crippen LogP) is 2.73. The molecule has 2 heterocycles. The van der Waals surface area contributed by atoms with Crippen LogP contribution in [0.1, 0.15) is 11.4 Å². The van der Waals surface area contributed by atoms with E-state index in [0.717, 1.165) is 27.9 Å². The van der Waals surface area contributed by atoms with E-state index in [4.69, 9.17) is 10.5 Å². The molecule has 0 saturated heterocycles. The number of anilines is 1. The van der Waals surface area contributed by atoms with Gasteiger partial charge in [-0.05, 0) is 19.1 Å². The van der Waals surface area contributed by atoms with Gasteiger partial charge >= 0.3 is 0 Å². The highest BCUT2D eigenvalue weighted by molar-refractivity contribution is 5.93. The van der Waals surface area contributed by atoms with Gasteiger partial charge in [0.1, 0.15) is 5.82 Å². The molecule has 0 atom stereocenters. The molecular formula is C16H16N4O. The first kappa shape index (κ1) is 13.5. The Labute approximate surface area is 122 Å². The fourth-order valence-electron chi connectivity index (χ4n) is 2.35. The average Bonchev–Trinajstić information content (AvgIpc) is 2.46. The van der Waals surface area contributed by atoms with E-state index in [0.29, 0.717) is 18.2 Å². The zero-order valence-corrected chi connectivity index (χ0v) is 12.0. The van der Waals surface area contributed by atoms with Gasteiger partial charge in [0.25, 0.3) is 0 Å². The number of methoxy groups -OCH3 is 1. The van der Waals surface area contributed by atoms with E-state index < -0.39 is 0 Å². The lowest BCUT2D eigenvalue weighted by Crippen LogP contribution is -2.02. The number of ether oxygens (including phenoxy) is 1. The van der Waals surface area contributed by atoms with Crippen molar-refractivity contribution in [1.82, 2.24) is 15.0 Å². The van der Waals surface area contributed by atoms with E-state index in [9.17, 15) is 0 Å². The number of fused-ring (bicyclic) bond motifs is 1. The number of pyridine rings is 1. The molecular weight excluding hydrogens is 264 g/mol. The van der Waals surface area contributed by atoms with Gasteiger partial charge in [-0.2, -0.15) is 0 Å². The number of hydrogen-bond donors (Lipinski definition) is 1. The summed E-state index contributed by atoms with van der Waals surface area (Å²) in [7, 11) is 1.63. The summed E-state index contributed by atoms with van der Waals surface area (Å²) in [5.74, 6) is 1.04. The van der Waals surface area contributed by atoms with Crippen molar-refractivity contribution in [3.05, 3.63) is 47.8 Å². The van der Waals surface area contributed by atoms with Crippen molar-refractivity contribution in [3.63, 3.8) is 0 Å².